The molecule has 4 heteroatoms. The van der Waals surface area contributed by atoms with Gasteiger partial charge in [0, 0.05) is 6.54 Å². The van der Waals surface area contributed by atoms with Gasteiger partial charge in [0.05, 0.1) is 0 Å². The molecule has 2 rings (SSSR count). The molecule has 0 saturated carbocycles. The largest absolute Gasteiger partial charge is 0.485 e. The maximum atomic E-state index is 11.8. The summed E-state index contributed by atoms with van der Waals surface area (Å²) in [6, 6.07) is 3.83. The van der Waals surface area contributed by atoms with E-state index in [9.17, 15) is 4.79 Å². The Bertz CT molecular complexity index is 482. The fraction of sp³-hybridized carbons (Fsp3) is 0.357. The Hall–Kier alpha value is -1.97. The Labute approximate surface area is 107 Å². The molecule has 1 N–H and O–H groups in total. The Kier molecular flexibility index (Phi) is 3.55. The average Bonchev–Trinajstić information content (AvgIpc) is 2.36. The summed E-state index contributed by atoms with van der Waals surface area (Å²) in [4.78, 5) is 11.8. The van der Waals surface area contributed by atoms with E-state index < -0.39 is 6.10 Å². The van der Waals surface area contributed by atoms with Crippen molar-refractivity contribution in [2.24, 2.45) is 0 Å². The Morgan fingerprint density at radius 1 is 1.44 bits per heavy atom. The Balaban J connectivity index is 2.12. The summed E-state index contributed by atoms with van der Waals surface area (Å²) in [5, 5.41) is 2.70. The van der Waals surface area contributed by atoms with E-state index in [1.807, 2.05) is 26.0 Å². The van der Waals surface area contributed by atoms with Crippen LogP contribution in [0.1, 0.15) is 11.1 Å². The lowest BCUT2D eigenvalue weighted by Crippen LogP contribution is -2.44. The van der Waals surface area contributed by atoms with Gasteiger partial charge in [0.25, 0.3) is 5.91 Å². The van der Waals surface area contributed by atoms with Gasteiger partial charge in [-0.3, -0.25) is 4.79 Å². The summed E-state index contributed by atoms with van der Waals surface area (Å²) in [7, 11) is 0. The summed E-state index contributed by atoms with van der Waals surface area (Å²) in [6.07, 6.45) is 1.03. The fourth-order valence-corrected chi connectivity index (χ4v) is 1.74. The number of rotatable bonds is 3. The number of amides is 1. The zero-order chi connectivity index (χ0) is 13.1. The van der Waals surface area contributed by atoms with Crippen LogP contribution in [0.5, 0.6) is 11.5 Å². The number of hydrogen-bond acceptors (Lipinski definition) is 3. The quantitative estimate of drug-likeness (QED) is 0.828. The highest BCUT2D eigenvalue weighted by molar-refractivity contribution is 5.81. The summed E-state index contributed by atoms with van der Waals surface area (Å²) in [5.41, 5.74) is 2.26. The van der Waals surface area contributed by atoms with E-state index >= 15 is 0 Å². The first-order valence-corrected chi connectivity index (χ1v) is 5.91. The molecule has 4 nitrogen and oxygen atoms in total. The lowest BCUT2D eigenvalue weighted by atomic mass is 10.1. The molecule has 1 aromatic carbocycles. The minimum atomic E-state index is -0.598. The summed E-state index contributed by atoms with van der Waals surface area (Å²) < 4.78 is 11.2. The van der Waals surface area contributed by atoms with Crippen LogP contribution in [-0.2, 0) is 4.79 Å². The lowest BCUT2D eigenvalue weighted by molar-refractivity contribution is -0.130. The standard InChI is InChI=1S/C14H17NO3/c1-4-5-15-14(16)13-8-17-11-6-9(2)10(3)7-12(11)18-13/h4,6-7,13H,1,5,8H2,2-3H3,(H,15,16). The minimum absolute atomic E-state index is 0.182. The third-order valence-electron chi connectivity index (χ3n) is 2.93. The van der Waals surface area contributed by atoms with Gasteiger partial charge in [0.1, 0.15) is 6.61 Å². The first-order chi connectivity index (χ1) is 8.61. The number of ether oxygens (including phenoxy) is 2. The van der Waals surface area contributed by atoms with Crippen LogP contribution < -0.4 is 14.8 Å². The molecule has 0 saturated heterocycles. The molecule has 0 fully saturated rings. The third-order valence-corrected chi connectivity index (χ3v) is 2.93. The smallest absolute Gasteiger partial charge is 0.264 e. The van der Waals surface area contributed by atoms with E-state index in [-0.39, 0.29) is 12.5 Å². The molecule has 0 radical (unpaired) electrons. The van der Waals surface area contributed by atoms with Crippen molar-refractivity contribution >= 4 is 5.91 Å². The van der Waals surface area contributed by atoms with E-state index in [2.05, 4.69) is 11.9 Å². The predicted octanol–water partition coefficient (Wildman–Crippen LogP) is 1.75. The van der Waals surface area contributed by atoms with Gasteiger partial charge in [-0.1, -0.05) is 6.08 Å². The Morgan fingerprint density at radius 3 is 2.78 bits per heavy atom. The van der Waals surface area contributed by atoms with Gasteiger partial charge in [0.2, 0.25) is 6.10 Å². The first-order valence-electron chi connectivity index (χ1n) is 5.91. The number of carbonyl (C=O) groups is 1. The van der Waals surface area contributed by atoms with E-state index in [0.29, 0.717) is 18.0 Å². The van der Waals surface area contributed by atoms with Crippen molar-refractivity contribution in [3.05, 3.63) is 35.9 Å². The molecular weight excluding hydrogens is 230 g/mol. The number of carbonyl (C=O) groups excluding carboxylic acids is 1. The number of benzene rings is 1. The normalized spacial score (nSPS) is 17.1. The van der Waals surface area contributed by atoms with E-state index in [0.717, 1.165) is 11.1 Å². The molecule has 0 aliphatic carbocycles. The summed E-state index contributed by atoms with van der Waals surface area (Å²) in [5.74, 6) is 1.15. The van der Waals surface area contributed by atoms with Crippen LogP contribution in [0.2, 0.25) is 0 Å². The fourth-order valence-electron chi connectivity index (χ4n) is 1.74. The van der Waals surface area contributed by atoms with Crippen LogP contribution in [0.15, 0.2) is 24.8 Å². The molecule has 1 aliphatic rings. The zero-order valence-corrected chi connectivity index (χ0v) is 10.7. The van der Waals surface area contributed by atoms with Crippen molar-refractivity contribution in [1.29, 1.82) is 0 Å². The number of nitrogens with one attached hydrogen (secondary N) is 1. The molecule has 96 valence electrons. The molecule has 18 heavy (non-hydrogen) atoms. The van der Waals surface area contributed by atoms with Crippen LogP contribution >= 0.6 is 0 Å². The maximum absolute atomic E-state index is 11.8. The van der Waals surface area contributed by atoms with E-state index in [4.69, 9.17) is 9.47 Å². The molecule has 1 heterocycles. The van der Waals surface area contributed by atoms with Crippen LogP contribution in [0.4, 0.5) is 0 Å². The van der Waals surface area contributed by atoms with Gasteiger partial charge in [-0.15, -0.1) is 6.58 Å². The van der Waals surface area contributed by atoms with Crippen LogP contribution in [0.3, 0.4) is 0 Å². The van der Waals surface area contributed by atoms with Gasteiger partial charge in [-0.2, -0.15) is 0 Å². The Morgan fingerprint density at radius 2 is 2.11 bits per heavy atom. The second kappa shape index (κ2) is 5.12. The van der Waals surface area contributed by atoms with Crippen molar-refractivity contribution in [2.75, 3.05) is 13.2 Å². The molecular formula is C14H17NO3. The van der Waals surface area contributed by atoms with Crippen molar-refractivity contribution in [3.8, 4) is 11.5 Å². The molecule has 0 aromatic heterocycles. The van der Waals surface area contributed by atoms with Gasteiger partial charge in [0.15, 0.2) is 11.5 Å². The highest BCUT2D eigenvalue weighted by Crippen LogP contribution is 2.34. The monoisotopic (exact) mass is 247 g/mol. The van der Waals surface area contributed by atoms with Crippen molar-refractivity contribution in [1.82, 2.24) is 5.32 Å². The maximum Gasteiger partial charge on any atom is 0.264 e. The van der Waals surface area contributed by atoms with Crippen molar-refractivity contribution in [3.63, 3.8) is 0 Å². The molecule has 1 aliphatic heterocycles. The summed E-state index contributed by atoms with van der Waals surface area (Å²) in [6.45, 7) is 8.23. The molecule has 1 aromatic rings. The number of aryl methyl sites for hydroxylation is 2. The molecule has 1 unspecified atom stereocenters. The van der Waals surface area contributed by atoms with Crippen molar-refractivity contribution in [2.45, 2.75) is 20.0 Å². The topological polar surface area (TPSA) is 47.6 Å². The zero-order valence-electron chi connectivity index (χ0n) is 10.7. The van der Waals surface area contributed by atoms with Gasteiger partial charge >= 0.3 is 0 Å². The minimum Gasteiger partial charge on any atom is -0.485 e. The first kappa shape index (κ1) is 12.5. The lowest BCUT2D eigenvalue weighted by Gasteiger charge is -2.26. The van der Waals surface area contributed by atoms with Gasteiger partial charge in [-0.05, 0) is 37.1 Å². The van der Waals surface area contributed by atoms with Crippen LogP contribution in [-0.4, -0.2) is 25.2 Å². The predicted molar refractivity (Wildman–Crippen MR) is 69.0 cm³/mol. The second-order valence-electron chi connectivity index (χ2n) is 4.33. The summed E-state index contributed by atoms with van der Waals surface area (Å²) >= 11 is 0. The SMILES string of the molecule is C=CCNC(=O)C1COc2cc(C)c(C)cc2O1. The average molecular weight is 247 g/mol. The van der Waals surface area contributed by atoms with Crippen molar-refractivity contribution < 1.29 is 14.3 Å². The van der Waals surface area contributed by atoms with Crippen LogP contribution in [0, 0.1) is 13.8 Å². The van der Waals surface area contributed by atoms with E-state index in [1.54, 1.807) is 6.08 Å². The number of fused-ring (bicyclic) bond motifs is 1. The highest BCUT2D eigenvalue weighted by Gasteiger charge is 2.27. The van der Waals surface area contributed by atoms with E-state index in [1.165, 1.54) is 0 Å². The molecule has 1 atom stereocenters. The van der Waals surface area contributed by atoms with Crippen LogP contribution in [0.25, 0.3) is 0 Å². The molecule has 0 spiro atoms. The number of hydrogen-bond donors (Lipinski definition) is 1. The molecule has 0 bridgehead atoms. The van der Waals surface area contributed by atoms with Gasteiger partial charge in [-0.25, -0.2) is 0 Å². The van der Waals surface area contributed by atoms with Gasteiger partial charge < -0.3 is 14.8 Å². The third kappa shape index (κ3) is 2.47. The second-order valence-corrected chi connectivity index (χ2v) is 4.33. The highest BCUT2D eigenvalue weighted by atomic mass is 16.6. The molecule has 1 amide bonds.